The van der Waals surface area contributed by atoms with Gasteiger partial charge in [0.05, 0.1) is 16.4 Å². The number of aryl methyl sites for hydroxylation is 2. The minimum absolute atomic E-state index is 0.229. The Kier molecular flexibility index (Phi) is 4.99. The minimum atomic E-state index is 0.229. The molecule has 1 heterocycles. The number of ketones is 1. The highest BCUT2D eigenvalue weighted by molar-refractivity contribution is 6.32. The number of nitrogens with zero attached hydrogens (tertiary/aromatic N) is 2. The molecule has 4 nitrogen and oxygen atoms in total. The van der Waals surface area contributed by atoms with Crippen LogP contribution in [0, 0.1) is 0 Å². The molecule has 1 aliphatic carbocycles. The highest BCUT2D eigenvalue weighted by atomic mass is 35.5. The molecule has 5 heteroatoms. The van der Waals surface area contributed by atoms with Crippen molar-refractivity contribution in [3.8, 4) is 0 Å². The zero-order chi connectivity index (χ0) is 13.8. The summed E-state index contributed by atoms with van der Waals surface area (Å²) >= 11 is 6.30. The van der Waals surface area contributed by atoms with Gasteiger partial charge in [0.15, 0.2) is 0 Å². The van der Waals surface area contributed by atoms with Crippen molar-refractivity contribution in [2.45, 2.75) is 58.5 Å². The van der Waals surface area contributed by atoms with Crippen LogP contribution in [-0.4, -0.2) is 28.2 Å². The Morgan fingerprint density at radius 2 is 2.21 bits per heavy atom. The first-order chi connectivity index (χ1) is 9.15. The van der Waals surface area contributed by atoms with Crippen LogP contribution in [0.15, 0.2) is 0 Å². The van der Waals surface area contributed by atoms with E-state index < -0.39 is 0 Å². The van der Waals surface area contributed by atoms with Crippen LogP contribution in [0.5, 0.6) is 0 Å². The van der Waals surface area contributed by atoms with Gasteiger partial charge in [-0.1, -0.05) is 18.5 Å². The van der Waals surface area contributed by atoms with Crippen LogP contribution in [-0.2, 0) is 24.2 Å². The van der Waals surface area contributed by atoms with Gasteiger partial charge in [0.2, 0.25) is 0 Å². The van der Waals surface area contributed by atoms with Gasteiger partial charge in [0, 0.05) is 32.0 Å². The summed E-state index contributed by atoms with van der Waals surface area (Å²) in [6, 6.07) is 0.657. The van der Waals surface area contributed by atoms with E-state index in [4.69, 9.17) is 11.6 Å². The molecule has 0 unspecified atom stereocenters. The smallest absolute Gasteiger partial charge is 0.140 e. The van der Waals surface area contributed by atoms with E-state index in [0.29, 0.717) is 23.9 Å². The summed E-state index contributed by atoms with van der Waals surface area (Å²) in [5.74, 6) is 0.229. The summed E-state index contributed by atoms with van der Waals surface area (Å²) in [4.78, 5) is 12.0. The second kappa shape index (κ2) is 6.53. The molecule has 2 rings (SSSR count). The number of hydrogen-bond donors (Lipinski definition) is 1. The standard InChI is InChI=1S/C14H22ClN3O/c1-3-12-14(15)13(18(4-2)17-12)9-11(19)7-8-16-10-5-6-10/h10,16H,3-9H2,1-2H3. The third-order valence-corrected chi connectivity index (χ3v) is 3.91. The first kappa shape index (κ1) is 14.5. The molecule has 0 atom stereocenters. The molecule has 1 aromatic rings. The molecule has 0 aromatic carbocycles. The summed E-state index contributed by atoms with van der Waals surface area (Å²) in [6.07, 6.45) is 4.27. The quantitative estimate of drug-likeness (QED) is 0.797. The number of aromatic nitrogens is 2. The van der Waals surface area contributed by atoms with Crippen molar-refractivity contribution < 1.29 is 4.79 Å². The van der Waals surface area contributed by atoms with Crippen molar-refractivity contribution >= 4 is 17.4 Å². The maximum atomic E-state index is 12.0. The molecular formula is C14H22ClN3O. The summed E-state index contributed by atoms with van der Waals surface area (Å²) < 4.78 is 1.85. The van der Waals surface area contributed by atoms with E-state index in [1.54, 1.807) is 0 Å². The van der Waals surface area contributed by atoms with Crippen molar-refractivity contribution in [2.75, 3.05) is 6.54 Å². The Morgan fingerprint density at radius 1 is 1.47 bits per heavy atom. The second-order valence-corrected chi connectivity index (χ2v) is 5.45. The molecule has 1 N–H and O–H groups in total. The van der Waals surface area contributed by atoms with Gasteiger partial charge in [-0.3, -0.25) is 9.48 Å². The summed E-state index contributed by atoms with van der Waals surface area (Å²) in [6.45, 7) is 5.58. The lowest BCUT2D eigenvalue weighted by molar-refractivity contribution is -0.118. The first-order valence-corrected chi connectivity index (χ1v) is 7.52. The number of carbonyl (C=O) groups excluding carboxylic acids is 1. The van der Waals surface area contributed by atoms with Gasteiger partial charge in [-0.2, -0.15) is 5.10 Å². The van der Waals surface area contributed by atoms with Crippen LogP contribution in [0.25, 0.3) is 0 Å². The average Bonchev–Trinajstić information content (AvgIpc) is 3.17. The molecule has 0 aliphatic heterocycles. The third-order valence-electron chi connectivity index (χ3n) is 3.47. The van der Waals surface area contributed by atoms with E-state index in [-0.39, 0.29) is 5.78 Å². The van der Waals surface area contributed by atoms with Gasteiger partial charge in [-0.25, -0.2) is 0 Å². The maximum Gasteiger partial charge on any atom is 0.140 e. The van der Waals surface area contributed by atoms with Crippen molar-refractivity contribution in [3.63, 3.8) is 0 Å². The predicted octanol–water partition coefficient (Wildman–Crippen LogP) is 2.37. The third kappa shape index (κ3) is 3.80. The Bertz CT molecular complexity index is 452. The van der Waals surface area contributed by atoms with Crippen LogP contribution in [0.4, 0.5) is 0 Å². The Balaban J connectivity index is 1.92. The molecule has 0 spiro atoms. The molecule has 0 radical (unpaired) electrons. The molecular weight excluding hydrogens is 262 g/mol. The number of carbonyl (C=O) groups is 1. The minimum Gasteiger partial charge on any atom is -0.314 e. The lowest BCUT2D eigenvalue weighted by Gasteiger charge is -2.05. The highest BCUT2D eigenvalue weighted by Crippen LogP contribution is 2.22. The second-order valence-electron chi connectivity index (χ2n) is 5.07. The van der Waals surface area contributed by atoms with Crippen molar-refractivity contribution in [2.24, 2.45) is 0 Å². The molecule has 106 valence electrons. The number of rotatable bonds is 8. The van der Waals surface area contributed by atoms with E-state index in [1.165, 1.54) is 12.8 Å². The predicted molar refractivity (Wildman–Crippen MR) is 76.6 cm³/mol. The van der Waals surface area contributed by atoms with Gasteiger partial charge < -0.3 is 5.32 Å². The molecule has 19 heavy (non-hydrogen) atoms. The molecule has 0 amide bonds. The Labute approximate surface area is 119 Å². The summed E-state index contributed by atoms with van der Waals surface area (Å²) in [5.41, 5.74) is 1.76. The molecule has 0 bridgehead atoms. The number of Topliss-reactive ketones (excluding diaryl/α,β-unsaturated/α-hetero) is 1. The topological polar surface area (TPSA) is 46.9 Å². The Hall–Kier alpha value is -0.870. The number of halogens is 1. The Morgan fingerprint density at radius 3 is 2.79 bits per heavy atom. The van der Waals surface area contributed by atoms with E-state index in [1.807, 2.05) is 18.5 Å². The van der Waals surface area contributed by atoms with E-state index in [9.17, 15) is 4.79 Å². The largest absolute Gasteiger partial charge is 0.314 e. The fourth-order valence-electron chi connectivity index (χ4n) is 2.16. The fraction of sp³-hybridized carbons (Fsp3) is 0.714. The van der Waals surface area contributed by atoms with Gasteiger partial charge in [0.1, 0.15) is 5.78 Å². The zero-order valence-corrected chi connectivity index (χ0v) is 12.5. The van der Waals surface area contributed by atoms with Crippen LogP contribution >= 0.6 is 11.6 Å². The lowest BCUT2D eigenvalue weighted by atomic mass is 10.1. The maximum absolute atomic E-state index is 12.0. The first-order valence-electron chi connectivity index (χ1n) is 7.14. The molecule has 1 fully saturated rings. The van der Waals surface area contributed by atoms with Gasteiger partial charge in [0.25, 0.3) is 0 Å². The zero-order valence-electron chi connectivity index (χ0n) is 11.7. The van der Waals surface area contributed by atoms with Crippen molar-refractivity contribution in [3.05, 3.63) is 16.4 Å². The summed E-state index contributed by atoms with van der Waals surface area (Å²) in [5, 5.41) is 8.47. The number of nitrogens with one attached hydrogen (secondary N) is 1. The van der Waals surface area contributed by atoms with E-state index in [2.05, 4.69) is 10.4 Å². The SMILES string of the molecule is CCc1nn(CC)c(CC(=O)CCNC2CC2)c1Cl. The van der Waals surface area contributed by atoms with Gasteiger partial charge >= 0.3 is 0 Å². The van der Waals surface area contributed by atoms with Gasteiger partial charge in [-0.05, 0) is 26.2 Å². The summed E-state index contributed by atoms with van der Waals surface area (Å²) in [7, 11) is 0. The molecule has 1 aliphatic rings. The number of hydrogen-bond acceptors (Lipinski definition) is 3. The average molecular weight is 284 g/mol. The highest BCUT2D eigenvalue weighted by Gasteiger charge is 2.21. The molecule has 0 saturated heterocycles. The lowest BCUT2D eigenvalue weighted by Crippen LogP contribution is -2.21. The molecule has 1 saturated carbocycles. The van der Waals surface area contributed by atoms with Crippen LogP contribution in [0.2, 0.25) is 5.02 Å². The van der Waals surface area contributed by atoms with Crippen molar-refractivity contribution in [1.82, 2.24) is 15.1 Å². The van der Waals surface area contributed by atoms with Crippen LogP contribution in [0.3, 0.4) is 0 Å². The normalized spacial score (nSPS) is 14.9. The fourth-order valence-corrected chi connectivity index (χ4v) is 2.50. The molecule has 1 aromatic heterocycles. The van der Waals surface area contributed by atoms with Crippen LogP contribution < -0.4 is 5.32 Å². The van der Waals surface area contributed by atoms with Crippen molar-refractivity contribution in [1.29, 1.82) is 0 Å². The van der Waals surface area contributed by atoms with E-state index >= 15 is 0 Å². The van der Waals surface area contributed by atoms with E-state index in [0.717, 1.165) is 30.9 Å². The van der Waals surface area contributed by atoms with Gasteiger partial charge in [-0.15, -0.1) is 0 Å². The van der Waals surface area contributed by atoms with Crippen LogP contribution in [0.1, 0.15) is 44.5 Å². The monoisotopic (exact) mass is 283 g/mol.